The molecule has 0 spiro atoms. The largest absolute Gasteiger partial charge is 0.312 e. The predicted octanol–water partition coefficient (Wildman–Crippen LogP) is 2.17. The summed E-state index contributed by atoms with van der Waals surface area (Å²) in [5.74, 6) is -0.777. The van der Waals surface area contributed by atoms with E-state index in [0.29, 0.717) is 12.1 Å². The lowest BCUT2D eigenvalue weighted by Gasteiger charge is -2.23. The van der Waals surface area contributed by atoms with Crippen LogP contribution < -0.4 is 5.32 Å². The number of halogens is 2. The minimum atomic E-state index is -0.493. The monoisotopic (exact) mass is 183 g/mol. The van der Waals surface area contributed by atoms with Gasteiger partial charge in [-0.3, -0.25) is 0 Å². The van der Waals surface area contributed by atoms with Gasteiger partial charge in [-0.1, -0.05) is 6.92 Å². The SMILES string of the molecule is CC1CNCc2cc(F)cc(F)c21. The fourth-order valence-corrected chi connectivity index (χ4v) is 1.86. The van der Waals surface area contributed by atoms with Gasteiger partial charge in [-0.25, -0.2) is 8.78 Å². The Hall–Kier alpha value is -0.960. The molecular weight excluding hydrogens is 172 g/mol. The molecule has 1 unspecified atom stereocenters. The minimum Gasteiger partial charge on any atom is -0.312 e. The highest BCUT2D eigenvalue weighted by Crippen LogP contribution is 2.26. The summed E-state index contributed by atoms with van der Waals surface area (Å²) >= 11 is 0. The van der Waals surface area contributed by atoms with E-state index in [-0.39, 0.29) is 5.92 Å². The standard InChI is InChI=1S/C10H11F2N/c1-6-4-13-5-7-2-8(11)3-9(12)10(6)7/h2-3,6,13H,4-5H2,1H3. The summed E-state index contributed by atoms with van der Waals surface area (Å²) in [4.78, 5) is 0. The third-order valence-electron chi connectivity index (χ3n) is 2.44. The van der Waals surface area contributed by atoms with Crippen molar-refractivity contribution in [2.24, 2.45) is 0 Å². The van der Waals surface area contributed by atoms with Gasteiger partial charge in [-0.05, 0) is 23.1 Å². The summed E-state index contributed by atoms with van der Waals surface area (Å²) in [5.41, 5.74) is 1.41. The maximum Gasteiger partial charge on any atom is 0.129 e. The summed E-state index contributed by atoms with van der Waals surface area (Å²) < 4.78 is 26.1. The average Bonchev–Trinajstić information content (AvgIpc) is 2.02. The maximum absolute atomic E-state index is 13.3. The van der Waals surface area contributed by atoms with Crippen molar-refractivity contribution in [2.45, 2.75) is 19.4 Å². The topological polar surface area (TPSA) is 12.0 Å². The molecule has 0 bridgehead atoms. The Morgan fingerprint density at radius 1 is 1.38 bits per heavy atom. The van der Waals surface area contributed by atoms with E-state index in [2.05, 4.69) is 5.32 Å². The molecule has 0 amide bonds. The molecule has 1 aromatic rings. The number of rotatable bonds is 0. The zero-order valence-electron chi connectivity index (χ0n) is 7.40. The zero-order chi connectivity index (χ0) is 9.42. The van der Waals surface area contributed by atoms with E-state index in [1.54, 1.807) is 0 Å². The van der Waals surface area contributed by atoms with Crippen LogP contribution in [0.5, 0.6) is 0 Å². The van der Waals surface area contributed by atoms with E-state index in [9.17, 15) is 8.78 Å². The Morgan fingerprint density at radius 2 is 2.15 bits per heavy atom. The lowest BCUT2D eigenvalue weighted by Crippen LogP contribution is -2.27. The van der Waals surface area contributed by atoms with Gasteiger partial charge in [0, 0.05) is 19.2 Å². The van der Waals surface area contributed by atoms with E-state index >= 15 is 0 Å². The van der Waals surface area contributed by atoms with Crippen molar-refractivity contribution in [3.8, 4) is 0 Å². The molecule has 1 aliphatic heterocycles. The molecule has 1 aromatic carbocycles. The molecule has 2 rings (SSSR count). The van der Waals surface area contributed by atoms with Crippen LogP contribution >= 0.6 is 0 Å². The van der Waals surface area contributed by atoms with Crippen molar-refractivity contribution in [1.29, 1.82) is 0 Å². The number of hydrogen-bond acceptors (Lipinski definition) is 1. The summed E-state index contributed by atoms with van der Waals surface area (Å²) in [5, 5.41) is 3.11. The van der Waals surface area contributed by atoms with Gasteiger partial charge in [0.05, 0.1) is 0 Å². The molecule has 1 N–H and O–H groups in total. The van der Waals surface area contributed by atoms with E-state index in [1.807, 2.05) is 6.92 Å². The fraction of sp³-hybridized carbons (Fsp3) is 0.400. The van der Waals surface area contributed by atoms with Crippen LogP contribution in [0.4, 0.5) is 8.78 Å². The van der Waals surface area contributed by atoms with Crippen LogP contribution in [0, 0.1) is 11.6 Å². The third kappa shape index (κ3) is 1.44. The second-order valence-corrected chi connectivity index (χ2v) is 3.49. The minimum absolute atomic E-state index is 0.129. The number of benzene rings is 1. The molecule has 1 atom stereocenters. The van der Waals surface area contributed by atoms with E-state index in [1.165, 1.54) is 6.07 Å². The van der Waals surface area contributed by atoms with Gasteiger partial charge in [0.25, 0.3) is 0 Å². The number of nitrogens with one attached hydrogen (secondary N) is 1. The highest BCUT2D eigenvalue weighted by molar-refractivity contribution is 5.34. The lowest BCUT2D eigenvalue weighted by atomic mass is 9.92. The molecule has 0 fully saturated rings. The molecule has 0 aliphatic carbocycles. The van der Waals surface area contributed by atoms with Crippen LogP contribution in [-0.2, 0) is 6.54 Å². The molecule has 0 radical (unpaired) electrons. The molecular formula is C10H11F2N. The molecule has 3 heteroatoms. The Balaban J connectivity index is 2.56. The zero-order valence-corrected chi connectivity index (χ0v) is 7.40. The smallest absolute Gasteiger partial charge is 0.129 e. The normalized spacial score (nSPS) is 21.3. The summed E-state index contributed by atoms with van der Waals surface area (Å²) in [6, 6.07) is 2.36. The van der Waals surface area contributed by atoms with E-state index in [4.69, 9.17) is 0 Å². The first-order valence-electron chi connectivity index (χ1n) is 4.37. The molecule has 1 nitrogen and oxygen atoms in total. The first-order chi connectivity index (χ1) is 6.18. The van der Waals surface area contributed by atoms with Crippen LogP contribution in [0.2, 0.25) is 0 Å². The molecule has 1 aliphatic rings. The average molecular weight is 183 g/mol. The summed E-state index contributed by atoms with van der Waals surface area (Å²) in [7, 11) is 0. The molecule has 13 heavy (non-hydrogen) atoms. The first-order valence-corrected chi connectivity index (χ1v) is 4.37. The van der Waals surface area contributed by atoms with Crippen molar-refractivity contribution >= 4 is 0 Å². The quantitative estimate of drug-likeness (QED) is 0.650. The van der Waals surface area contributed by atoms with Crippen LogP contribution in [0.1, 0.15) is 24.0 Å². The molecule has 70 valence electrons. The Bertz CT molecular complexity index is 336. The van der Waals surface area contributed by atoms with Gasteiger partial charge in [0.15, 0.2) is 0 Å². The lowest BCUT2D eigenvalue weighted by molar-refractivity contribution is 0.507. The fourth-order valence-electron chi connectivity index (χ4n) is 1.86. The van der Waals surface area contributed by atoms with Crippen molar-refractivity contribution < 1.29 is 8.78 Å². The van der Waals surface area contributed by atoms with Gasteiger partial charge in [-0.2, -0.15) is 0 Å². The van der Waals surface area contributed by atoms with Crippen molar-refractivity contribution in [3.63, 3.8) is 0 Å². The van der Waals surface area contributed by atoms with Crippen LogP contribution in [-0.4, -0.2) is 6.54 Å². The second kappa shape index (κ2) is 3.07. The van der Waals surface area contributed by atoms with E-state index in [0.717, 1.165) is 18.2 Å². The van der Waals surface area contributed by atoms with Gasteiger partial charge < -0.3 is 5.32 Å². The molecule has 1 heterocycles. The van der Waals surface area contributed by atoms with Gasteiger partial charge >= 0.3 is 0 Å². The van der Waals surface area contributed by atoms with Crippen molar-refractivity contribution in [1.82, 2.24) is 5.32 Å². The van der Waals surface area contributed by atoms with Crippen LogP contribution in [0.15, 0.2) is 12.1 Å². The molecule has 0 saturated carbocycles. The number of hydrogen-bond donors (Lipinski definition) is 1. The van der Waals surface area contributed by atoms with Gasteiger partial charge in [-0.15, -0.1) is 0 Å². The second-order valence-electron chi connectivity index (χ2n) is 3.49. The van der Waals surface area contributed by atoms with Gasteiger partial charge in [0.1, 0.15) is 11.6 Å². The van der Waals surface area contributed by atoms with Crippen molar-refractivity contribution in [2.75, 3.05) is 6.54 Å². The van der Waals surface area contributed by atoms with Crippen LogP contribution in [0.3, 0.4) is 0 Å². The first kappa shape index (κ1) is 8.63. The third-order valence-corrected chi connectivity index (χ3v) is 2.44. The van der Waals surface area contributed by atoms with Gasteiger partial charge in [0.2, 0.25) is 0 Å². The van der Waals surface area contributed by atoms with E-state index < -0.39 is 11.6 Å². The summed E-state index contributed by atoms with van der Waals surface area (Å²) in [6.07, 6.45) is 0. The Labute approximate surface area is 75.8 Å². The number of fused-ring (bicyclic) bond motifs is 1. The Kier molecular flexibility index (Phi) is 2.04. The maximum atomic E-state index is 13.3. The Morgan fingerprint density at radius 3 is 2.92 bits per heavy atom. The van der Waals surface area contributed by atoms with Crippen LogP contribution in [0.25, 0.3) is 0 Å². The summed E-state index contributed by atoms with van der Waals surface area (Å²) in [6.45, 7) is 3.26. The highest BCUT2D eigenvalue weighted by atomic mass is 19.1. The predicted molar refractivity (Wildman–Crippen MR) is 46.5 cm³/mol. The highest BCUT2D eigenvalue weighted by Gasteiger charge is 2.20. The van der Waals surface area contributed by atoms with Crippen molar-refractivity contribution in [3.05, 3.63) is 34.9 Å². The molecule has 0 saturated heterocycles. The molecule has 0 aromatic heterocycles.